The van der Waals surface area contributed by atoms with Gasteiger partial charge in [0.25, 0.3) is 10.0 Å². The van der Waals surface area contributed by atoms with Crippen LogP contribution in [0.15, 0.2) is 53.4 Å². The number of sulfonamides is 1. The Morgan fingerprint density at radius 2 is 1.79 bits per heavy atom. The number of hydrogen-bond donors (Lipinski definition) is 1. The van der Waals surface area contributed by atoms with Crippen molar-refractivity contribution in [1.29, 1.82) is 0 Å². The zero-order valence-corrected chi connectivity index (χ0v) is 18.1. The summed E-state index contributed by atoms with van der Waals surface area (Å²) in [6.07, 6.45) is 4.51. The van der Waals surface area contributed by atoms with Gasteiger partial charge in [0.05, 0.1) is 10.6 Å². The van der Waals surface area contributed by atoms with Gasteiger partial charge in [0.1, 0.15) is 6.54 Å². The first-order valence-corrected chi connectivity index (χ1v) is 11.9. The van der Waals surface area contributed by atoms with E-state index in [9.17, 15) is 13.2 Å². The number of hydrogen-bond acceptors (Lipinski definition) is 3. The number of nitrogens with one attached hydrogen (secondary N) is 1. The van der Waals surface area contributed by atoms with Gasteiger partial charge in [0.2, 0.25) is 5.91 Å². The van der Waals surface area contributed by atoms with E-state index in [2.05, 4.69) is 5.32 Å². The molecule has 0 radical (unpaired) electrons. The molecule has 5 nitrogen and oxygen atoms in total. The molecule has 2 aliphatic rings. The van der Waals surface area contributed by atoms with Crippen LogP contribution in [-0.4, -0.2) is 26.9 Å². The average molecular weight is 453 g/mol. The molecular weight excluding hydrogens is 431 g/mol. The van der Waals surface area contributed by atoms with Gasteiger partial charge in [-0.1, -0.05) is 35.7 Å². The van der Waals surface area contributed by atoms with Crippen molar-refractivity contribution in [3.05, 3.63) is 58.6 Å². The van der Waals surface area contributed by atoms with Crippen LogP contribution < -0.4 is 9.62 Å². The second-order valence-corrected chi connectivity index (χ2v) is 10.5. The molecule has 2 aromatic carbocycles. The van der Waals surface area contributed by atoms with Crippen molar-refractivity contribution >= 4 is 44.8 Å². The van der Waals surface area contributed by atoms with E-state index in [4.69, 9.17) is 23.2 Å². The van der Waals surface area contributed by atoms with Gasteiger partial charge in [-0.25, -0.2) is 8.42 Å². The summed E-state index contributed by atoms with van der Waals surface area (Å²) in [6.45, 7) is -0.306. The maximum atomic E-state index is 13.3. The van der Waals surface area contributed by atoms with Gasteiger partial charge >= 0.3 is 0 Å². The number of rotatable bonds is 6. The van der Waals surface area contributed by atoms with E-state index >= 15 is 0 Å². The third-order valence-electron chi connectivity index (χ3n) is 5.87. The highest BCUT2D eigenvalue weighted by molar-refractivity contribution is 7.92. The third-order valence-corrected chi connectivity index (χ3v) is 8.14. The Morgan fingerprint density at radius 1 is 1.03 bits per heavy atom. The number of carbonyl (C=O) groups is 1. The molecule has 4 rings (SSSR count). The largest absolute Gasteiger partial charge is 0.352 e. The van der Waals surface area contributed by atoms with Gasteiger partial charge in [-0.15, -0.1) is 0 Å². The molecule has 0 aromatic heterocycles. The van der Waals surface area contributed by atoms with E-state index in [0.717, 1.165) is 23.6 Å². The maximum absolute atomic E-state index is 13.3. The second-order valence-electron chi connectivity index (χ2n) is 7.79. The fourth-order valence-electron chi connectivity index (χ4n) is 4.48. The van der Waals surface area contributed by atoms with Gasteiger partial charge in [-0.2, -0.15) is 0 Å². The molecule has 0 aliphatic heterocycles. The Kier molecular flexibility index (Phi) is 5.78. The van der Waals surface area contributed by atoms with Crippen LogP contribution in [0.1, 0.15) is 25.7 Å². The predicted octanol–water partition coefficient (Wildman–Crippen LogP) is 4.49. The van der Waals surface area contributed by atoms with Crippen LogP contribution in [0.3, 0.4) is 0 Å². The molecule has 1 N–H and O–H groups in total. The number of anilines is 1. The fourth-order valence-corrected chi connectivity index (χ4v) is 6.21. The summed E-state index contributed by atoms with van der Waals surface area (Å²) in [5, 5.41) is 3.89. The van der Waals surface area contributed by atoms with Crippen molar-refractivity contribution < 1.29 is 13.2 Å². The van der Waals surface area contributed by atoms with Crippen LogP contribution in [-0.2, 0) is 14.8 Å². The molecule has 2 aliphatic carbocycles. The molecule has 154 valence electrons. The maximum Gasteiger partial charge on any atom is 0.264 e. The first-order valence-electron chi connectivity index (χ1n) is 9.66. The zero-order chi connectivity index (χ0) is 20.6. The highest BCUT2D eigenvalue weighted by Crippen LogP contribution is 2.44. The summed E-state index contributed by atoms with van der Waals surface area (Å²) >= 11 is 12.0. The zero-order valence-electron chi connectivity index (χ0n) is 15.7. The normalized spacial score (nSPS) is 23.2. The van der Waals surface area contributed by atoms with Gasteiger partial charge in [-0.3, -0.25) is 9.10 Å². The summed E-state index contributed by atoms with van der Waals surface area (Å²) in [5.41, 5.74) is 0.343. The minimum Gasteiger partial charge on any atom is -0.352 e. The SMILES string of the molecule is O=C(CN(c1cccc(Cl)c1)S(=O)(=O)c1ccc(Cl)cc1)NC1CC2CCC1C2. The summed E-state index contributed by atoms with van der Waals surface area (Å²) in [5.74, 6) is 0.892. The quantitative estimate of drug-likeness (QED) is 0.701. The van der Waals surface area contributed by atoms with E-state index in [0.29, 0.717) is 27.6 Å². The standard InChI is InChI=1S/C21H22Cl2N2O3S/c22-16-6-8-19(9-7-16)29(27,28)25(18-3-1-2-17(23)12-18)13-21(26)24-20-11-14-4-5-15(20)10-14/h1-3,6-9,12,14-15,20H,4-5,10-11,13H2,(H,24,26). The van der Waals surface area contributed by atoms with Gasteiger partial charge in [-0.05, 0) is 73.6 Å². The number of amides is 1. The molecule has 2 saturated carbocycles. The van der Waals surface area contributed by atoms with Crippen LogP contribution in [0.4, 0.5) is 5.69 Å². The topological polar surface area (TPSA) is 66.5 Å². The number of halogens is 2. The average Bonchev–Trinajstić information content (AvgIpc) is 3.29. The first kappa shape index (κ1) is 20.5. The van der Waals surface area contributed by atoms with Crippen molar-refractivity contribution in [3.8, 4) is 0 Å². The minimum atomic E-state index is -3.97. The van der Waals surface area contributed by atoms with E-state index in [1.54, 1.807) is 24.3 Å². The molecule has 0 spiro atoms. The number of carbonyl (C=O) groups excluding carboxylic acids is 1. The smallest absolute Gasteiger partial charge is 0.264 e. The minimum absolute atomic E-state index is 0.0644. The van der Waals surface area contributed by atoms with Gasteiger partial charge in [0.15, 0.2) is 0 Å². The van der Waals surface area contributed by atoms with Crippen LogP contribution in [0.2, 0.25) is 10.0 Å². The molecule has 2 fully saturated rings. The van der Waals surface area contributed by atoms with Crippen LogP contribution in [0.5, 0.6) is 0 Å². The van der Waals surface area contributed by atoms with Crippen LogP contribution in [0, 0.1) is 11.8 Å². The molecule has 1 amide bonds. The number of nitrogens with zero attached hydrogens (tertiary/aromatic N) is 1. The van der Waals surface area contributed by atoms with E-state index in [1.807, 2.05) is 0 Å². The molecule has 2 bridgehead atoms. The fraction of sp³-hybridized carbons (Fsp3) is 0.381. The molecule has 0 saturated heterocycles. The Hall–Kier alpha value is -1.76. The lowest BCUT2D eigenvalue weighted by atomic mass is 9.95. The van der Waals surface area contributed by atoms with Crippen molar-refractivity contribution in [2.24, 2.45) is 11.8 Å². The number of fused-ring (bicyclic) bond motifs is 2. The van der Waals surface area contributed by atoms with E-state index in [1.165, 1.54) is 30.7 Å². The summed E-state index contributed by atoms with van der Waals surface area (Å²) in [6, 6.07) is 12.5. The molecule has 2 aromatic rings. The lowest BCUT2D eigenvalue weighted by Gasteiger charge is -2.27. The molecule has 0 heterocycles. The van der Waals surface area contributed by atoms with Crippen molar-refractivity contribution in [2.75, 3.05) is 10.8 Å². The second kappa shape index (κ2) is 8.17. The lowest BCUT2D eigenvalue weighted by Crippen LogP contribution is -2.46. The van der Waals surface area contributed by atoms with E-state index < -0.39 is 10.0 Å². The summed E-state index contributed by atoms with van der Waals surface area (Å²) in [4.78, 5) is 12.9. The number of benzene rings is 2. The Bertz CT molecular complexity index is 1010. The van der Waals surface area contributed by atoms with Crippen LogP contribution >= 0.6 is 23.2 Å². The predicted molar refractivity (Wildman–Crippen MR) is 115 cm³/mol. The molecular formula is C21H22Cl2N2O3S. The summed E-state index contributed by atoms with van der Waals surface area (Å²) < 4.78 is 27.7. The van der Waals surface area contributed by atoms with Gasteiger partial charge < -0.3 is 5.32 Å². The molecule has 29 heavy (non-hydrogen) atoms. The Labute approximate surface area is 181 Å². The van der Waals surface area contributed by atoms with Crippen molar-refractivity contribution in [1.82, 2.24) is 5.32 Å². The molecule has 8 heteroatoms. The van der Waals surface area contributed by atoms with E-state index in [-0.39, 0.29) is 23.4 Å². The van der Waals surface area contributed by atoms with Gasteiger partial charge in [0, 0.05) is 16.1 Å². The molecule has 3 unspecified atom stereocenters. The lowest BCUT2D eigenvalue weighted by molar-refractivity contribution is -0.120. The van der Waals surface area contributed by atoms with Crippen LogP contribution in [0.25, 0.3) is 0 Å². The third kappa shape index (κ3) is 4.39. The first-order chi connectivity index (χ1) is 13.8. The highest BCUT2D eigenvalue weighted by atomic mass is 35.5. The van der Waals surface area contributed by atoms with Crippen molar-refractivity contribution in [3.63, 3.8) is 0 Å². The highest BCUT2D eigenvalue weighted by Gasteiger charge is 2.40. The monoisotopic (exact) mass is 452 g/mol. The summed E-state index contributed by atoms with van der Waals surface area (Å²) in [7, 11) is -3.97. The molecule has 3 atom stereocenters. The van der Waals surface area contributed by atoms with Crippen molar-refractivity contribution in [2.45, 2.75) is 36.6 Å². The Morgan fingerprint density at radius 3 is 2.41 bits per heavy atom. The Balaban J connectivity index is 1.60.